The maximum absolute atomic E-state index is 5.01. The molecule has 0 unspecified atom stereocenters. The number of para-hydroxylation sites is 2. The van der Waals surface area contributed by atoms with Gasteiger partial charge in [0.2, 0.25) is 0 Å². The molecule has 0 radical (unpaired) electrons. The first kappa shape index (κ1) is 15.0. The van der Waals surface area contributed by atoms with Crippen LogP contribution in [0.25, 0.3) is 22.2 Å². The summed E-state index contributed by atoms with van der Waals surface area (Å²) in [6.45, 7) is 0. The van der Waals surface area contributed by atoms with Crippen LogP contribution in [-0.2, 0) is 6.42 Å². The number of halogens is 1. The van der Waals surface area contributed by atoms with Gasteiger partial charge in [0.15, 0.2) is 12.0 Å². The second kappa shape index (κ2) is 6.44. The molecule has 0 bridgehead atoms. The Balaban J connectivity index is 0.000000138. The zero-order valence-electron chi connectivity index (χ0n) is 12.5. The molecule has 1 aromatic heterocycles. The predicted octanol–water partition coefficient (Wildman–Crippen LogP) is 5.24. The molecule has 3 aromatic carbocycles. The lowest BCUT2D eigenvalue weighted by atomic mass is 10.1. The number of rotatable bonds is 0. The number of oxazole rings is 1. The molecule has 3 heteroatoms. The van der Waals surface area contributed by atoms with Crippen molar-refractivity contribution in [2.75, 3.05) is 0 Å². The summed E-state index contributed by atoms with van der Waals surface area (Å²) >= 11 is 0. The lowest BCUT2D eigenvalue weighted by molar-refractivity contribution is 0.602. The number of hydrogen-bond donors (Lipinski definition) is 0. The quantitative estimate of drug-likeness (QED) is 0.391. The Bertz CT molecular complexity index is 856. The van der Waals surface area contributed by atoms with Gasteiger partial charge in [-0.25, -0.2) is 4.98 Å². The van der Waals surface area contributed by atoms with Crippen LogP contribution in [0.5, 0.6) is 0 Å². The number of benzene rings is 3. The first-order valence-electron chi connectivity index (χ1n) is 7.36. The smallest absolute Gasteiger partial charge is 0.181 e. The zero-order chi connectivity index (χ0) is 14.8. The molecular weight excluding hydrogens is 289 g/mol. The number of aromatic nitrogens is 1. The van der Waals surface area contributed by atoms with E-state index in [-0.39, 0.29) is 4.70 Å². The van der Waals surface area contributed by atoms with Crippen molar-refractivity contribution in [1.82, 2.24) is 4.98 Å². The highest BCUT2D eigenvalue weighted by Crippen LogP contribution is 2.35. The largest absolute Gasteiger partial charge is 0.443 e. The second-order valence-electron chi connectivity index (χ2n) is 5.31. The van der Waals surface area contributed by atoms with Crippen molar-refractivity contribution in [1.29, 1.82) is 0 Å². The highest BCUT2D eigenvalue weighted by molar-refractivity contribution is 5.76. The van der Waals surface area contributed by atoms with Gasteiger partial charge in [0.25, 0.3) is 0 Å². The molecule has 0 fully saturated rings. The summed E-state index contributed by atoms with van der Waals surface area (Å²) in [6.07, 6.45) is 2.55. The summed E-state index contributed by atoms with van der Waals surface area (Å²) in [5, 5.41) is 0. The Morgan fingerprint density at radius 1 is 0.696 bits per heavy atom. The van der Waals surface area contributed by atoms with Gasteiger partial charge in [-0.3, -0.25) is 4.70 Å². The maximum atomic E-state index is 5.01. The van der Waals surface area contributed by atoms with Crippen LogP contribution in [0.4, 0.5) is 4.70 Å². The van der Waals surface area contributed by atoms with Gasteiger partial charge in [0, 0.05) is 0 Å². The molecule has 1 heterocycles. The van der Waals surface area contributed by atoms with Crippen LogP contribution >= 0.6 is 0 Å². The predicted molar refractivity (Wildman–Crippen MR) is 91.2 cm³/mol. The fourth-order valence-electron chi connectivity index (χ4n) is 2.88. The number of nitrogens with zero attached hydrogens (tertiary/aromatic N) is 1. The van der Waals surface area contributed by atoms with Gasteiger partial charge < -0.3 is 4.42 Å². The average Bonchev–Trinajstić information content (AvgIpc) is 3.19. The van der Waals surface area contributed by atoms with E-state index in [1.165, 1.54) is 28.6 Å². The molecule has 4 aromatic rings. The van der Waals surface area contributed by atoms with Gasteiger partial charge in [0.1, 0.15) is 5.52 Å². The molecule has 114 valence electrons. The van der Waals surface area contributed by atoms with Gasteiger partial charge in [-0.05, 0) is 40.8 Å². The van der Waals surface area contributed by atoms with Gasteiger partial charge in [-0.2, -0.15) is 0 Å². The van der Waals surface area contributed by atoms with Crippen LogP contribution in [0.15, 0.2) is 83.6 Å². The Morgan fingerprint density at radius 3 is 1.91 bits per heavy atom. The molecule has 0 N–H and O–H groups in total. The number of hydrogen-bond acceptors (Lipinski definition) is 2. The van der Waals surface area contributed by atoms with Crippen molar-refractivity contribution in [3.05, 3.63) is 90.3 Å². The van der Waals surface area contributed by atoms with E-state index in [9.17, 15) is 0 Å². The van der Waals surface area contributed by atoms with Gasteiger partial charge in [-0.15, -0.1) is 0 Å². The molecule has 0 amide bonds. The standard InChI is InChI=1S/C13H10.C7H5NO.FH/c1-3-7-12-10(5-1)9-11-6-2-4-8-13(11)12;1-2-4-7-6(3-1)8-5-9-7;/h1-8H,9H2;1-5H;1H. The van der Waals surface area contributed by atoms with Crippen LogP contribution in [0.3, 0.4) is 0 Å². The van der Waals surface area contributed by atoms with E-state index in [1.807, 2.05) is 24.3 Å². The van der Waals surface area contributed by atoms with Crippen LogP contribution in [0, 0.1) is 0 Å². The minimum absolute atomic E-state index is 0. The highest BCUT2D eigenvalue weighted by Gasteiger charge is 2.15. The van der Waals surface area contributed by atoms with Crippen LogP contribution in [0.1, 0.15) is 11.1 Å². The monoisotopic (exact) mass is 305 g/mol. The molecule has 0 spiro atoms. The van der Waals surface area contributed by atoms with E-state index in [1.54, 1.807) is 0 Å². The minimum Gasteiger partial charge on any atom is -0.443 e. The highest BCUT2D eigenvalue weighted by atomic mass is 19.0. The number of fused-ring (bicyclic) bond motifs is 4. The van der Waals surface area contributed by atoms with Crippen molar-refractivity contribution in [3.8, 4) is 11.1 Å². The van der Waals surface area contributed by atoms with Gasteiger partial charge in [0.05, 0.1) is 0 Å². The second-order valence-corrected chi connectivity index (χ2v) is 5.31. The Labute approximate surface area is 133 Å². The van der Waals surface area contributed by atoms with E-state index in [0.29, 0.717) is 0 Å². The third-order valence-electron chi connectivity index (χ3n) is 3.94. The van der Waals surface area contributed by atoms with Crippen molar-refractivity contribution in [2.45, 2.75) is 6.42 Å². The van der Waals surface area contributed by atoms with E-state index in [0.717, 1.165) is 17.5 Å². The Kier molecular flexibility index (Phi) is 4.20. The molecular formula is C20H16FNO. The van der Waals surface area contributed by atoms with E-state index in [4.69, 9.17) is 4.42 Å². The summed E-state index contributed by atoms with van der Waals surface area (Å²) in [5.74, 6) is 0. The zero-order valence-corrected chi connectivity index (χ0v) is 12.5. The molecule has 0 saturated heterocycles. The van der Waals surface area contributed by atoms with Crippen molar-refractivity contribution >= 4 is 11.1 Å². The molecule has 0 aliphatic heterocycles. The van der Waals surface area contributed by atoms with E-state index < -0.39 is 0 Å². The fraction of sp³-hybridized carbons (Fsp3) is 0.0500. The van der Waals surface area contributed by atoms with Crippen molar-refractivity contribution in [2.24, 2.45) is 0 Å². The molecule has 0 atom stereocenters. The summed E-state index contributed by atoms with van der Waals surface area (Å²) in [5.41, 5.74) is 7.51. The molecule has 5 rings (SSSR count). The molecule has 1 aliphatic rings. The first-order valence-corrected chi connectivity index (χ1v) is 7.36. The third kappa shape index (κ3) is 2.86. The molecule has 2 nitrogen and oxygen atoms in total. The third-order valence-corrected chi connectivity index (χ3v) is 3.94. The minimum atomic E-state index is 0. The molecule has 1 aliphatic carbocycles. The van der Waals surface area contributed by atoms with E-state index in [2.05, 4.69) is 53.5 Å². The van der Waals surface area contributed by atoms with Crippen LogP contribution in [0.2, 0.25) is 0 Å². The van der Waals surface area contributed by atoms with Crippen LogP contribution in [-0.4, -0.2) is 4.98 Å². The summed E-state index contributed by atoms with van der Waals surface area (Å²) in [4.78, 5) is 3.95. The van der Waals surface area contributed by atoms with Crippen LogP contribution < -0.4 is 0 Å². The van der Waals surface area contributed by atoms with Crippen molar-refractivity contribution in [3.63, 3.8) is 0 Å². The average molecular weight is 305 g/mol. The molecule has 0 saturated carbocycles. The lowest BCUT2D eigenvalue weighted by Gasteiger charge is -1.98. The first-order chi connectivity index (χ1) is 10.9. The van der Waals surface area contributed by atoms with Gasteiger partial charge in [-0.1, -0.05) is 60.7 Å². The molecule has 23 heavy (non-hydrogen) atoms. The SMILES string of the molecule is F.c1ccc2c(c1)Cc1ccccc1-2.c1ccc2ocnc2c1. The summed E-state index contributed by atoms with van der Waals surface area (Å²) in [7, 11) is 0. The fourth-order valence-corrected chi connectivity index (χ4v) is 2.88. The van der Waals surface area contributed by atoms with E-state index >= 15 is 0 Å². The Hall–Kier alpha value is -2.94. The maximum Gasteiger partial charge on any atom is 0.181 e. The normalized spacial score (nSPS) is 11.0. The lowest BCUT2D eigenvalue weighted by Crippen LogP contribution is -1.77. The van der Waals surface area contributed by atoms with Crippen molar-refractivity contribution < 1.29 is 9.12 Å². The topological polar surface area (TPSA) is 26.0 Å². The summed E-state index contributed by atoms with van der Waals surface area (Å²) < 4.78 is 5.01. The Morgan fingerprint density at radius 2 is 1.26 bits per heavy atom. The summed E-state index contributed by atoms with van der Waals surface area (Å²) in [6, 6.07) is 25.0. The van der Waals surface area contributed by atoms with Gasteiger partial charge >= 0.3 is 0 Å².